The highest BCUT2D eigenvalue weighted by atomic mass is 16.2. The summed E-state index contributed by atoms with van der Waals surface area (Å²) in [6.07, 6.45) is 4.12. The van der Waals surface area contributed by atoms with Gasteiger partial charge in [0.15, 0.2) is 0 Å². The van der Waals surface area contributed by atoms with Crippen LogP contribution in [0.3, 0.4) is 0 Å². The highest BCUT2D eigenvalue weighted by Crippen LogP contribution is 2.06. The van der Waals surface area contributed by atoms with Crippen LogP contribution in [0.4, 0.5) is 0 Å². The minimum atomic E-state index is -0.525. The number of aromatic nitrogens is 2. The van der Waals surface area contributed by atoms with E-state index in [2.05, 4.69) is 4.98 Å². The van der Waals surface area contributed by atoms with Crippen LogP contribution in [-0.4, -0.2) is 33.4 Å². The molecule has 106 valence electrons. The summed E-state index contributed by atoms with van der Waals surface area (Å²) in [5.41, 5.74) is 7.07. The molecule has 20 heavy (non-hydrogen) atoms. The maximum Gasteiger partial charge on any atom is 0.239 e. The molecule has 0 aliphatic heterocycles. The third-order valence-electron chi connectivity index (χ3n) is 3.29. The second-order valence-corrected chi connectivity index (χ2v) is 4.94. The number of aryl methyl sites for hydroxylation is 1. The Morgan fingerprint density at radius 1 is 1.40 bits per heavy atom. The third kappa shape index (κ3) is 3.45. The Morgan fingerprint density at radius 2 is 2.10 bits per heavy atom. The maximum atomic E-state index is 12.2. The van der Waals surface area contributed by atoms with Gasteiger partial charge in [-0.2, -0.15) is 0 Å². The van der Waals surface area contributed by atoms with E-state index in [4.69, 9.17) is 5.73 Å². The third-order valence-corrected chi connectivity index (χ3v) is 3.29. The zero-order chi connectivity index (χ0) is 14.5. The number of carbonyl (C=O) groups is 1. The Bertz CT molecular complexity index is 564. The van der Waals surface area contributed by atoms with Gasteiger partial charge in [-0.15, -0.1) is 0 Å². The molecule has 2 rings (SSSR count). The second kappa shape index (κ2) is 6.34. The van der Waals surface area contributed by atoms with Crippen molar-refractivity contribution in [3.63, 3.8) is 0 Å². The molecule has 5 heteroatoms. The molecular weight excluding hydrogens is 252 g/mol. The number of imidazole rings is 1. The van der Waals surface area contributed by atoms with Gasteiger partial charge in [-0.05, 0) is 12.0 Å². The van der Waals surface area contributed by atoms with Crippen molar-refractivity contribution in [2.24, 2.45) is 12.8 Å². The minimum Gasteiger partial charge on any atom is -0.337 e. The number of amides is 1. The first-order valence-electron chi connectivity index (χ1n) is 6.58. The summed E-state index contributed by atoms with van der Waals surface area (Å²) in [5, 5.41) is 0. The number of benzene rings is 1. The number of hydrogen-bond acceptors (Lipinski definition) is 3. The minimum absolute atomic E-state index is 0.0724. The number of rotatable bonds is 5. The van der Waals surface area contributed by atoms with Crippen molar-refractivity contribution >= 4 is 5.91 Å². The van der Waals surface area contributed by atoms with Crippen molar-refractivity contribution in [3.05, 3.63) is 54.1 Å². The molecule has 0 saturated carbocycles. The second-order valence-electron chi connectivity index (χ2n) is 4.94. The molecule has 0 saturated heterocycles. The first kappa shape index (κ1) is 14.3. The summed E-state index contributed by atoms with van der Waals surface area (Å²) in [6.45, 7) is 0.463. The van der Waals surface area contributed by atoms with Crippen LogP contribution in [0, 0.1) is 0 Å². The maximum absolute atomic E-state index is 12.2. The lowest BCUT2D eigenvalue weighted by Gasteiger charge is -2.21. The van der Waals surface area contributed by atoms with Crippen molar-refractivity contribution in [3.8, 4) is 0 Å². The molecule has 2 N–H and O–H groups in total. The van der Waals surface area contributed by atoms with E-state index in [-0.39, 0.29) is 5.91 Å². The molecule has 5 nitrogen and oxygen atoms in total. The molecule has 1 atom stereocenters. The Hall–Kier alpha value is -2.14. The largest absolute Gasteiger partial charge is 0.337 e. The number of nitrogens with two attached hydrogens (primary N) is 1. The normalized spacial score (nSPS) is 12.2. The van der Waals surface area contributed by atoms with Crippen LogP contribution in [0.25, 0.3) is 0 Å². The number of likely N-dealkylation sites (N-methyl/N-ethyl adjacent to an activating group) is 1. The predicted octanol–water partition coefficient (Wildman–Crippen LogP) is 0.949. The Kier molecular flexibility index (Phi) is 4.53. The van der Waals surface area contributed by atoms with Crippen LogP contribution < -0.4 is 5.73 Å². The first-order chi connectivity index (χ1) is 9.58. The summed E-state index contributed by atoms with van der Waals surface area (Å²) < 4.78 is 1.90. The molecule has 0 aliphatic carbocycles. The van der Waals surface area contributed by atoms with E-state index in [1.54, 1.807) is 18.1 Å². The molecular formula is C15H20N4O. The van der Waals surface area contributed by atoms with E-state index >= 15 is 0 Å². The van der Waals surface area contributed by atoms with E-state index in [1.807, 2.05) is 48.1 Å². The molecule has 0 aliphatic rings. The molecule has 1 aromatic carbocycles. The highest BCUT2D eigenvalue weighted by Gasteiger charge is 2.19. The van der Waals surface area contributed by atoms with Gasteiger partial charge in [0.05, 0.1) is 12.6 Å². The van der Waals surface area contributed by atoms with Gasteiger partial charge in [0.2, 0.25) is 5.91 Å². The molecule has 0 bridgehead atoms. The quantitative estimate of drug-likeness (QED) is 0.881. The van der Waals surface area contributed by atoms with Gasteiger partial charge in [0, 0.05) is 26.5 Å². The molecule has 1 aromatic heterocycles. The smallest absolute Gasteiger partial charge is 0.239 e. The van der Waals surface area contributed by atoms with Gasteiger partial charge in [0.1, 0.15) is 5.82 Å². The van der Waals surface area contributed by atoms with E-state index in [9.17, 15) is 4.79 Å². The molecule has 2 aromatic rings. The van der Waals surface area contributed by atoms with Crippen LogP contribution in [-0.2, 0) is 24.8 Å². The van der Waals surface area contributed by atoms with E-state index in [0.717, 1.165) is 11.4 Å². The average molecular weight is 272 g/mol. The molecule has 0 spiro atoms. The molecule has 0 fully saturated rings. The van der Waals surface area contributed by atoms with Crippen molar-refractivity contribution in [1.29, 1.82) is 0 Å². The number of nitrogens with zero attached hydrogens (tertiary/aromatic N) is 3. The summed E-state index contributed by atoms with van der Waals surface area (Å²) in [5.74, 6) is 0.768. The summed E-state index contributed by atoms with van der Waals surface area (Å²) in [6, 6.07) is 9.28. The van der Waals surface area contributed by atoms with Gasteiger partial charge in [-0.25, -0.2) is 4.98 Å². The Morgan fingerprint density at radius 3 is 2.70 bits per heavy atom. The zero-order valence-corrected chi connectivity index (χ0v) is 11.9. The Labute approximate surface area is 119 Å². The van der Waals surface area contributed by atoms with Crippen LogP contribution in [0.15, 0.2) is 42.7 Å². The van der Waals surface area contributed by atoms with Gasteiger partial charge in [0.25, 0.3) is 0 Å². The standard InChI is InChI=1S/C15H20N4O/c1-18-9-8-17-14(18)11-19(2)15(20)13(16)10-12-6-4-3-5-7-12/h3-9,13H,10-11,16H2,1-2H3/t13-/m0/s1. The first-order valence-corrected chi connectivity index (χ1v) is 6.58. The highest BCUT2D eigenvalue weighted by molar-refractivity contribution is 5.81. The van der Waals surface area contributed by atoms with Crippen LogP contribution in [0.2, 0.25) is 0 Å². The van der Waals surface area contributed by atoms with E-state index in [1.165, 1.54) is 0 Å². The SMILES string of the molecule is CN(Cc1nccn1C)C(=O)[C@@H](N)Cc1ccccc1. The Balaban J connectivity index is 1.94. The fourth-order valence-corrected chi connectivity index (χ4v) is 2.08. The monoisotopic (exact) mass is 272 g/mol. The van der Waals surface area contributed by atoms with Crippen molar-refractivity contribution in [2.45, 2.75) is 19.0 Å². The zero-order valence-electron chi connectivity index (χ0n) is 11.9. The molecule has 1 heterocycles. The number of carbonyl (C=O) groups excluding carboxylic acids is 1. The van der Waals surface area contributed by atoms with E-state index in [0.29, 0.717) is 13.0 Å². The van der Waals surface area contributed by atoms with E-state index < -0.39 is 6.04 Å². The summed E-state index contributed by atoms with van der Waals surface area (Å²) in [7, 11) is 3.66. The van der Waals surface area contributed by atoms with Gasteiger partial charge in [-0.3, -0.25) is 4.79 Å². The van der Waals surface area contributed by atoms with Crippen LogP contribution in [0.1, 0.15) is 11.4 Å². The lowest BCUT2D eigenvalue weighted by atomic mass is 10.1. The fourth-order valence-electron chi connectivity index (χ4n) is 2.08. The molecule has 1 amide bonds. The van der Waals surface area contributed by atoms with Crippen molar-refractivity contribution in [1.82, 2.24) is 14.5 Å². The average Bonchev–Trinajstić information content (AvgIpc) is 2.84. The van der Waals surface area contributed by atoms with Crippen molar-refractivity contribution in [2.75, 3.05) is 7.05 Å². The van der Waals surface area contributed by atoms with Crippen LogP contribution >= 0.6 is 0 Å². The topological polar surface area (TPSA) is 64.2 Å². The summed E-state index contributed by atoms with van der Waals surface area (Å²) in [4.78, 5) is 18.1. The number of hydrogen-bond donors (Lipinski definition) is 1. The molecule has 0 radical (unpaired) electrons. The fraction of sp³-hybridized carbons (Fsp3) is 0.333. The van der Waals surface area contributed by atoms with Crippen LogP contribution in [0.5, 0.6) is 0 Å². The summed E-state index contributed by atoms with van der Waals surface area (Å²) >= 11 is 0. The van der Waals surface area contributed by atoms with Crippen molar-refractivity contribution < 1.29 is 4.79 Å². The lowest BCUT2D eigenvalue weighted by molar-refractivity contribution is -0.131. The van der Waals surface area contributed by atoms with Gasteiger partial charge < -0.3 is 15.2 Å². The van der Waals surface area contributed by atoms with Gasteiger partial charge >= 0.3 is 0 Å². The van der Waals surface area contributed by atoms with Gasteiger partial charge in [-0.1, -0.05) is 30.3 Å². The lowest BCUT2D eigenvalue weighted by Crippen LogP contribution is -2.43. The molecule has 0 unspecified atom stereocenters. The predicted molar refractivity (Wildman–Crippen MR) is 77.8 cm³/mol.